The smallest absolute Gasteiger partial charge is 0.216 e. The summed E-state index contributed by atoms with van der Waals surface area (Å²) in [5, 5.41) is 0.502. The Balaban J connectivity index is 1.90. The van der Waals surface area contributed by atoms with Gasteiger partial charge in [0, 0.05) is 18.6 Å². The van der Waals surface area contributed by atoms with E-state index in [0.29, 0.717) is 23.4 Å². The molecule has 0 atom stereocenters. The summed E-state index contributed by atoms with van der Waals surface area (Å²) in [7, 11) is 1.76. The first kappa shape index (κ1) is 18.3. The Morgan fingerprint density at radius 3 is 2.64 bits per heavy atom. The van der Waals surface area contributed by atoms with Gasteiger partial charge in [-0.05, 0) is 47.1 Å². The van der Waals surface area contributed by atoms with Crippen LogP contribution in [0.25, 0.3) is 10.9 Å². The van der Waals surface area contributed by atoms with Gasteiger partial charge < -0.3 is 9.13 Å². The van der Waals surface area contributed by atoms with Crippen molar-refractivity contribution in [2.24, 2.45) is 7.05 Å². The molecular weight excluding hydrogens is 420 g/mol. The maximum Gasteiger partial charge on any atom is 0.216 e. The van der Waals surface area contributed by atoms with E-state index in [4.69, 9.17) is 0 Å². The van der Waals surface area contributed by atoms with Crippen LogP contribution in [0.2, 0.25) is 0 Å². The van der Waals surface area contributed by atoms with Crippen LogP contribution in [-0.2, 0) is 13.6 Å². The third kappa shape index (κ3) is 3.18. The molecule has 0 saturated heterocycles. The van der Waals surface area contributed by atoms with Crippen LogP contribution in [0.3, 0.4) is 0 Å². The van der Waals surface area contributed by atoms with E-state index in [1.54, 1.807) is 29.9 Å². The van der Waals surface area contributed by atoms with Crippen molar-refractivity contribution in [1.82, 2.24) is 19.1 Å². The van der Waals surface area contributed by atoms with Crippen molar-refractivity contribution in [3.63, 3.8) is 0 Å². The molecule has 0 amide bonds. The zero-order valence-corrected chi connectivity index (χ0v) is 17.0. The van der Waals surface area contributed by atoms with Gasteiger partial charge in [-0.25, -0.2) is 9.97 Å². The summed E-state index contributed by atoms with van der Waals surface area (Å²) in [6.07, 6.45) is 3.13. The van der Waals surface area contributed by atoms with Crippen molar-refractivity contribution < 1.29 is 4.79 Å². The molecule has 4 rings (SSSR count). The van der Waals surface area contributed by atoms with Gasteiger partial charge in [0.1, 0.15) is 16.1 Å². The number of pyridine rings is 2. The highest BCUT2D eigenvalue weighted by Gasteiger charge is 2.20. The van der Waals surface area contributed by atoms with E-state index in [1.807, 2.05) is 41.8 Å². The Morgan fingerprint density at radius 2 is 1.93 bits per heavy atom. The highest BCUT2D eigenvalue weighted by molar-refractivity contribution is 9.10. The van der Waals surface area contributed by atoms with E-state index in [0.717, 1.165) is 15.8 Å². The Kier molecular flexibility index (Phi) is 4.68. The van der Waals surface area contributed by atoms with E-state index >= 15 is 0 Å². The minimum Gasteiger partial charge on any atom is -0.340 e. The third-order valence-electron chi connectivity index (χ3n) is 4.79. The number of aromatic nitrogens is 4. The van der Waals surface area contributed by atoms with Crippen molar-refractivity contribution in [2.45, 2.75) is 13.5 Å². The van der Waals surface area contributed by atoms with E-state index < -0.39 is 0 Å². The predicted molar refractivity (Wildman–Crippen MR) is 111 cm³/mol. The van der Waals surface area contributed by atoms with E-state index in [2.05, 4.69) is 25.9 Å². The number of para-hydroxylation sites is 1. The number of carbonyl (C=O) groups excluding carboxylic acids is 1. The van der Waals surface area contributed by atoms with Gasteiger partial charge in [0.15, 0.2) is 0 Å². The molecular formula is C21H17BrN4O2. The Morgan fingerprint density at radius 1 is 1.14 bits per heavy atom. The van der Waals surface area contributed by atoms with Crippen LogP contribution in [0, 0.1) is 6.92 Å². The largest absolute Gasteiger partial charge is 0.340 e. The van der Waals surface area contributed by atoms with Gasteiger partial charge >= 0.3 is 0 Å². The summed E-state index contributed by atoms with van der Waals surface area (Å²) in [6.45, 7) is 2.25. The molecule has 6 nitrogen and oxygen atoms in total. The zero-order chi connectivity index (χ0) is 19.8. The number of hydrogen-bond acceptors (Lipinski definition) is 4. The maximum absolute atomic E-state index is 13.1. The fraction of sp³-hybridized carbons (Fsp3) is 0.143. The lowest BCUT2D eigenvalue weighted by molar-refractivity contribution is 0.102. The predicted octanol–water partition coefficient (Wildman–Crippen LogP) is 3.48. The lowest BCUT2D eigenvalue weighted by Gasteiger charge is -2.13. The first-order valence-electron chi connectivity index (χ1n) is 8.72. The Hall–Kier alpha value is -3.06. The second-order valence-electron chi connectivity index (χ2n) is 6.55. The number of ketones is 1. The van der Waals surface area contributed by atoms with Crippen LogP contribution < -0.4 is 5.43 Å². The number of nitrogens with zero attached hydrogens (tertiary/aromatic N) is 4. The summed E-state index contributed by atoms with van der Waals surface area (Å²) in [5.74, 6) is 0.373. The van der Waals surface area contributed by atoms with Gasteiger partial charge in [0.05, 0.1) is 29.5 Å². The van der Waals surface area contributed by atoms with Crippen LogP contribution >= 0.6 is 15.9 Å². The quantitative estimate of drug-likeness (QED) is 0.362. The summed E-state index contributed by atoms with van der Waals surface area (Å²) in [4.78, 5) is 34.8. The van der Waals surface area contributed by atoms with Crippen molar-refractivity contribution in [1.29, 1.82) is 0 Å². The van der Waals surface area contributed by atoms with Gasteiger partial charge in [-0.2, -0.15) is 0 Å². The highest BCUT2D eigenvalue weighted by Crippen LogP contribution is 2.17. The molecule has 0 fully saturated rings. The molecule has 0 aliphatic carbocycles. The molecule has 0 spiro atoms. The summed E-state index contributed by atoms with van der Waals surface area (Å²) < 4.78 is 4.32. The maximum atomic E-state index is 13.1. The number of rotatable bonds is 4. The van der Waals surface area contributed by atoms with E-state index in [1.165, 1.54) is 6.20 Å². The Bertz CT molecular complexity index is 1270. The van der Waals surface area contributed by atoms with Crippen molar-refractivity contribution in [3.8, 4) is 0 Å². The first-order valence-corrected chi connectivity index (χ1v) is 9.51. The number of aryl methyl sites for hydroxylation is 1. The normalized spacial score (nSPS) is 11.1. The van der Waals surface area contributed by atoms with Crippen molar-refractivity contribution in [2.75, 3.05) is 0 Å². The number of imidazole rings is 1. The summed E-state index contributed by atoms with van der Waals surface area (Å²) >= 11 is 3.38. The fourth-order valence-electron chi connectivity index (χ4n) is 3.20. The average molecular weight is 437 g/mol. The number of benzene rings is 1. The number of hydrogen-bond donors (Lipinski definition) is 0. The van der Waals surface area contributed by atoms with Gasteiger partial charge in [-0.15, -0.1) is 0 Å². The lowest BCUT2D eigenvalue weighted by atomic mass is 10.1. The number of fused-ring (bicyclic) bond motifs is 1. The van der Waals surface area contributed by atoms with Gasteiger partial charge in [-0.1, -0.05) is 18.2 Å². The fourth-order valence-corrected chi connectivity index (χ4v) is 3.58. The molecule has 140 valence electrons. The van der Waals surface area contributed by atoms with Crippen molar-refractivity contribution in [3.05, 3.63) is 92.5 Å². The highest BCUT2D eigenvalue weighted by atomic mass is 79.9. The summed E-state index contributed by atoms with van der Waals surface area (Å²) in [5.41, 5.74) is 1.80. The molecule has 0 bridgehead atoms. The van der Waals surface area contributed by atoms with Gasteiger partial charge in [0.2, 0.25) is 11.2 Å². The van der Waals surface area contributed by atoms with E-state index in [-0.39, 0.29) is 16.8 Å². The van der Waals surface area contributed by atoms with Gasteiger partial charge in [-0.3, -0.25) is 9.59 Å². The minimum absolute atomic E-state index is 0.122. The van der Waals surface area contributed by atoms with Crippen LogP contribution in [0.5, 0.6) is 0 Å². The zero-order valence-electron chi connectivity index (χ0n) is 15.4. The molecule has 0 aliphatic heterocycles. The SMILES string of the molecule is Cc1ncc(C(=O)c2cn(Cc3cccc(Br)n3)c3ccccc3c2=O)n1C. The molecule has 28 heavy (non-hydrogen) atoms. The standard InChI is InChI=1S/C21H17BrN4O2/c1-13-23-10-18(25(13)2)21(28)16-12-26(11-14-6-5-9-19(22)24-14)17-8-4-3-7-15(17)20(16)27/h3-10,12H,11H2,1-2H3. The van der Waals surface area contributed by atoms with E-state index in [9.17, 15) is 9.59 Å². The molecule has 0 radical (unpaired) electrons. The molecule has 0 aliphatic rings. The molecule has 7 heteroatoms. The van der Waals surface area contributed by atoms with Crippen LogP contribution in [0.4, 0.5) is 0 Å². The van der Waals surface area contributed by atoms with Crippen molar-refractivity contribution >= 4 is 32.6 Å². The second-order valence-corrected chi connectivity index (χ2v) is 7.36. The van der Waals surface area contributed by atoms with Crippen LogP contribution in [-0.4, -0.2) is 24.9 Å². The molecule has 0 N–H and O–H groups in total. The molecule has 0 unspecified atom stereocenters. The Labute approximate surface area is 169 Å². The molecule has 4 aromatic rings. The number of carbonyl (C=O) groups is 1. The molecule has 1 aromatic carbocycles. The van der Waals surface area contributed by atoms with Gasteiger partial charge in [0.25, 0.3) is 0 Å². The minimum atomic E-state index is -0.338. The lowest BCUT2D eigenvalue weighted by Crippen LogP contribution is -2.21. The monoisotopic (exact) mass is 436 g/mol. The summed E-state index contributed by atoms with van der Waals surface area (Å²) in [6, 6.07) is 13.0. The molecule has 3 aromatic heterocycles. The first-order chi connectivity index (χ1) is 13.5. The van der Waals surface area contributed by atoms with Crippen LogP contribution in [0.1, 0.15) is 27.6 Å². The van der Waals surface area contributed by atoms with Crippen LogP contribution in [0.15, 0.2) is 64.3 Å². The topological polar surface area (TPSA) is 69.8 Å². The average Bonchev–Trinajstić information content (AvgIpc) is 3.02. The molecule has 0 saturated carbocycles. The number of halogens is 1. The molecule has 3 heterocycles. The third-order valence-corrected chi connectivity index (χ3v) is 5.23. The second kappa shape index (κ2) is 7.16.